The first-order valence-electron chi connectivity index (χ1n) is 8.14. The van der Waals surface area contributed by atoms with Gasteiger partial charge in [0.05, 0.1) is 15.5 Å². The summed E-state index contributed by atoms with van der Waals surface area (Å²) in [5.74, 6) is 0.0410. The molecule has 0 bridgehead atoms. The molecule has 1 aromatic heterocycles. The minimum Gasteiger partial charge on any atom is -0.273 e. The molecule has 1 aliphatic heterocycles. The van der Waals surface area contributed by atoms with Crippen LogP contribution in [0, 0.1) is 6.92 Å². The van der Waals surface area contributed by atoms with Crippen LogP contribution in [0.2, 0.25) is 10.0 Å². The number of anilines is 1. The Morgan fingerprint density at radius 1 is 1.19 bits per heavy atom. The number of carbonyl (C=O) groups excluding carboxylic acids is 1. The lowest BCUT2D eigenvalue weighted by Gasteiger charge is -2.33. The Morgan fingerprint density at radius 2 is 1.96 bits per heavy atom. The zero-order valence-electron chi connectivity index (χ0n) is 14.4. The molecule has 1 aliphatic rings. The van der Waals surface area contributed by atoms with Crippen molar-refractivity contribution >= 4 is 67.6 Å². The van der Waals surface area contributed by atoms with Crippen molar-refractivity contribution in [3.63, 3.8) is 0 Å². The molecule has 7 heteroatoms. The average Bonchev–Trinajstić information content (AvgIpc) is 3.05. The number of aryl methyl sites for hydroxylation is 1. The number of thiazole rings is 1. The van der Waals surface area contributed by atoms with Crippen LogP contribution in [0.1, 0.15) is 25.0 Å². The highest BCUT2D eigenvalue weighted by Crippen LogP contribution is 2.53. The third-order valence-corrected chi connectivity index (χ3v) is 7.52. The highest BCUT2D eigenvalue weighted by atomic mass is 35.5. The van der Waals surface area contributed by atoms with E-state index in [2.05, 4.69) is 13.0 Å². The summed E-state index contributed by atoms with van der Waals surface area (Å²) in [7, 11) is 0. The molecular weight excluding hydrogens is 407 g/mol. The van der Waals surface area contributed by atoms with Gasteiger partial charge in [0, 0.05) is 15.6 Å². The van der Waals surface area contributed by atoms with E-state index in [1.54, 1.807) is 22.7 Å². The van der Waals surface area contributed by atoms with Crippen LogP contribution in [-0.2, 0) is 9.67 Å². The highest BCUT2D eigenvalue weighted by molar-refractivity contribution is 8.02. The van der Waals surface area contributed by atoms with Crippen molar-refractivity contribution in [1.82, 2.24) is 4.98 Å². The number of nitrogens with zero attached hydrogens (tertiary/aromatic N) is 2. The van der Waals surface area contributed by atoms with E-state index in [1.165, 1.54) is 16.9 Å². The summed E-state index contributed by atoms with van der Waals surface area (Å²) in [5, 5.41) is 1.64. The molecule has 2 unspecified atom stereocenters. The number of aromatic nitrogens is 1. The van der Waals surface area contributed by atoms with Gasteiger partial charge in [0.2, 0.25) is 5.91 Å². The molecule has 2 heterocycles. The summed E-state index contributed by atoms with van der Waals surface area (Å²) < 4.78 is 1.07. The van der Waals surface area contributed by atoms with Gasteiger partial charge in [-0.1, -0.05) is 46.7 Å². The summed E-state index contributed by atoms with van der Waals surface area (Å²) >= 11 is 15.7. The normalized spacial score (nSPS) is 23.2. The van der Waals surface area contributed by atoms with Crippen LogP contribution >= 0.6 is 46.3 Å². The number of halogens is 2. The van der Waals surface area contributed by atoms with Crippen LogP contribution in [-0.4, -0.2) is 16.1 Å². The molecule has 3 nitrogen and oxygen atoms in total. The maximum atomic E-state index is 13.0. The Kier molecular flexibility index (Phi) is 4.47. The van der Waals surface area contributed by atoms with Crippen LogP contribution in [0.15, 0.2) is 36.4 Å². The molecule has 134 valence electrons. The van der Waals surface area contributed by atoms with E-state index in [0.717, 1.165) is 15.8 Å². The minimum atomic E-state index is -0.638. The molecule has 0 saturated carbocycles. The van der Waals surface area contributed by atoms with Gasteiger partial charge in [-0.25, -0.2) is 4.98 Å². The molecule has 1 fully saturated rings. The molecule has 1 saturated heterocycles. The van der Waals surface area contributed by atoms with Crippen LogP contribution in [0.25, 0.3) is 10.2 Å². The summed E-state index contributed by atoms with van der Waals surface area (Å²) in [5.41, 5.74) is 2.94. The Bertz CT molecular complexity index is 1040. The van der Waals surface area contributed by atoms with Gasteiger partial charge < -0.3 is 0 Å². The van der Waals surface area contributed by atoms with Crippen molar-refractivity contribution in [2.45, 2.75) is 30.9 Å². The van der Waals surface area contributed by atoms with Gasteiger partial charge in [0.15, 0.2) is 5.13 Å². The maximum Gasteiger partial charge on any atom is 0.243 e. The molecule has 0 spiro atoms. The van der Waals surface area contributed by atoms with Crippen molar-refractivity contribution in [3.05, 3.63) is 57.6 Å². The Hall–Kier alpha value is -1.27. The Balaban J connectivity index is 1.89. The van der Waals surface area contributed by atoms with Crippen LogP contribution < -0.4 is 4.90 Å². The molecular formula is C19H16Cl2N2OS2. The topological polar surface area (TPSA) is 33.2 Å². The molecule has 2 atom stereocenters. The maximum absolute atomic E-state index is 13.0. The lowest BCUT2D eigenvalue weighted by molar-refractivity contribution is -0.117. The largest absolute Gasteiger partial charge is 0.273 e. The van der Waals surface area contributed by atoms with E-state index in [4.69, 9.17) is 28.2 Å². The quantitative estimate of drug-likeness (QED) is 0.488. The number of rotatable bonds is 2. The predicted molar refractivity (Wildman–Crippen MR) is 113 cm³/mol. The highest BCUT2D eigenvalue weighted by Gasteiger charge is 2.50. The van der Waals surface area contributed by atoms with E-state index in [9.17, 15) is 4.79 Å². The van der Waals surface area contributed by atoms with Gasteiger partial charge in [0.25, 0.3) is 0 Å². The van der Waals surface area contributed by atoms with Gasteiger partial charge >= 0.3 is 0 Å². The second-order valence-corrected chi connectivity index (χ2v) is 10.1. The second-order valence-electron chi connectivity index (χ2n) is 6.51. The predicted octanol–water partition coefficient (Wildman–Crippen LogP) is 6.25. The molecule has 2 aromatic carbocycles. The van der Waals surface area contributed by atoms with E-state index in [1.807, 2.05) is 38.1 Å². The van der Waals surface area contributed by atoms with Gasteiger partial charge in [-0.05, 0) is 50.6 Å². The number of amides is 1. The number of thioether (sulfide) groups is 1. The number of hydrogen-bond donors (Lipinski definition) is 0. The number of fused-ring (bicyclic) bond motifs is 1. The van der Waals surface area contributed by atoms with E-state index < -0.39 is 4.87 Å². The summed E-state index contributed by atoms with van der Waals surface area (Å²) in [6.45, 7) is 5.99. The number of carbonyl (C=O) groups is 1. The third-order valence-electron chi connectivity index (χ3n) is 4.56. The van der Waals surface area contributed by atoms with E-state index >= 15 is 0 Å². The summed E-state index contributed by atoms with van der Waals surface area (Å²) in [4.78, 5) is 18.9. The van der Waals surface area contributed by atoms with Gasteiger partial charge in [0.1, 0.15) is 4.87 Å². The molecule has 0 aliphatic carbocycles. The third kappa shape index (κ3) is 2.82. The molecule has 0 radical (unpaired) electrons. The minimum absolute atomic E-state index is 0.0410. The van der Waals surface area contributed by atoms with Gasteiger partial charge in [-0.15, -0.1) is 11.8 Å². The number of hydrogen-bond acceptors (Lipinski definition) is 4. The van der Waals surface area contributed by atoms with Gasteiger partial charge in [-0.3, -0.25) is 9.69 Å². The monoisotopic (exact) mass is 422 g/mol. The fourth-order valence-electron chi connectivity index (χ4n) is 3.28. The van der Waals surface area contributed by atoms with Crippen LogP contribution in [0.5, 0.6) is 0 Å². The Labute approximate surface area is 170 Å². The van der Waals surface area contributed by atoms with Crippen LogP contribution in [0.4, 0.5) is 5.13 Å². The fourth-order valence-corrected chi connectivity index (χ4v) is 6.64. The Morgan fingerprint density at radius 3 is 2.69 bits per heavy atom. The fraction of sp³-hybridized carbons (Fsp3) is 0.263. The van der Waals surface area contributed by atoms with E-state index in [-0.39, 0.29) is 11.2 Å². The van der Waals surface area contributed by atoms with Crippen molar-refractivity contribution in [3.8, 4) is 0 Å². The molecule has 4 rings (SSSR count). The van der Waals surface area contributed by atoms with Crippen molar-refractivity contribution in [2.75, 3.05) is 4.90 Å². The summed E-state index contributed by atoms with van der Waals surface area (Å²) in [6.07, 6.45) is 0. The molecule has 26 heavy (non-hydrogen) atoms. The van der Waals surface area contributed by atoms with Crippen molar-refractivity contribution in [2.24, 2.45) is 0 Å². The van der Waals surface area contributed by atoms with Crippen LogP contribution in [0.3, 0.4) is 0 Å². The zero-order valence-corrected chi connectivity index (χ0v) is 17.6. The zero-order chi connectivity index (χ0) is 18.6. The lowest BCUT2D eigenvalue weighted by atomic mass is 10.1. The molecule has 1 amide bonds. The van der Waals surface area contributed by atoms with Crippen molar-refractivity contribution in [1.29, 1.82) is 0 Å². The van der Waals surface area contributed by atoms with Gasteiger partial charge in [-0.2, -0.15) is 0 Å². The molecule has 0 N–H and O–H groups in total. The average molecular weight is 423 g/mol. The first-order valence-corrected chi connectivity index (χ1v) is 10.6. The second kappa shape index (κ2) is 6.41. The molecule has 3 aromatic rings. The standard InChI is InChI=1S/C19H16Cl2N2OS2/c1-10-4-7-15-16(8-10)25-18(22-15)23-17(24)11(2)26-19(23,3)13-6-5-12(20)9-14(13)21/h4-9,11H,1-3H3. The van der Waals surface area contributed by atoms with E-state index in [0.29, 0.717) is 15.2 Å². The first-order chi connectivity index (χ1) is 12.3. The SMILES string of the molecule is Cc1ccc2nc(N3C(=O)C(C)SC3(C)c3ccc(Cl)cc3Cl)sc2c1. The number of benzene rings is 2. The first kappa shape index (κ1) is 18.1. The lowest BCUT2D eigenvalue weighted by Crippen LogP contribution is -2.40. The smallest absolute Gasteiger partial charge is 0.243 e. The van der Waals surface area contributed by atoms with Crippen molar-refractivity contribution < 1.29 is 4.79 Å². The summed E-state index contributed by atoms with van der Waals surface area (Å²) in [6, 6.07) is 11.5.